The Morgan fingerprint density at radius 3 is 2.50 bits per heavy atom. The van der Waals surface area contributed by atoms with Gasteiger partial charge in [0.25, 0.3) is 0 Å². The van der Waals surface area contributed by atoms with Gasteiger partial charge >= 0.3 is 0 Å². The molecule has 0 amide bonds. The van der Waals surface area contributed by atoms with Gasteiger partial charge in [0.15, 0.2) is 0 Å². The molecule has 10 heavy (non-hydrogen) atoms. The first kappa shape index (κ1) is 7.13. The third-order valence-electron chi connectivity index (χ3n) is 1.22. The first-order valence-corrected chi connectivity index (χ1v) is 3.61. The minimum absolute atomic E-state index is 0.810. The maximum Gasteiger partial charge on any atom is 0.119 e. The van der Waals surface area contributed by atoms with Gasteiger partial charge in [-0.3, -0.25) is 0 Å². The second-order valence-corrected chi connectivity index (χ2v) is 2.16. The fraction of sp³-hybridized carbons (Fsp3) is 0.333. The first-order valence-electron chi connectivity index (χ1n) is 3.61. The lowest BCUT2D eigenvalue weighted by atomic mass is 10.3. The molecule has 0 saturated carbocycles. The smallest absolute Gasteiger partial charge is 0.119 e. The molecular formula is C9H12O. The average Bonchev–Trinajstić information content (AvgIpc) is 2.03. The summed E-state index contributed by atoms with van der Waals surface area (Å²) in [5, 5.41) is 0. The topological polar surface area (TPSA) is 9.23 Å². The molecule has 0 bridgehead atoms. The van der Waals surface area contributed by atoms with Crippen molar-refractivity contribution < 1.29 is 4.74 Å². The SMILES string of the molecule is CCCOc1ccccc1. The molecule has 1 aromatic rings. The van der Waals surface area contributed by atoms with E-state index in [-0.39, 0.29) is 0 Å². The zero-order valence-corrected chi connectivity index (χ0v) is 6.21. The van der Waals surface area contributed by atoms with Crippen LogP contribution in [0.5, 0.6) is 5.75 Å². The van der Waals surface area contributed by atoms with Gasteiger partial charge in [0.05, 0.1) is 6.61 Å². The van der Waals surface area contributed by atoms with E-state index >= 15 is 0 Å². The predicted octanol–water partition coefficient (Wildman–Crippen LogP) is 2.48. The van der Waals surface area contributed by atoms with Crippen molar-refractivity contribution in [3.63, 3.8) is 0 Å². The molecule has 54 valence electrons. The summed E-state index contributed by atoms with van der Waals surface area (Å²) in [5.41, 5.74) is 0. The van der Waals surface area contributed by atoms with Crippen LogP contribution in [0.3, 0.4) is 0 Å². The molecule has 0 N–H and O–H groups in total. The van der Waals surface area contributed by atoms with Gasteiger partial charge in [-0.15, -0.1) is 0 Å². The third-order valence-corrected chi connectivity index (χ3v) is 1.22. The molecule has 1 nitrogen and oxygen atoms in total. The van der Waals surface area contributed by atoms with Crippen LogP contribution >= 0.6 is 0 Å². The molecule has 1 rings (SSSR count). The summed E-state index contributed by atoms with van der Waals surface area (Å²) in [6.07, 6.45) is 1.06. The van der Waals surface area contributed by atoms with Crippen LogP contribution < -0.4 is 4.74 Å². The van der Waals surface area contributed by atoms with Gasteiger partial charge in [0.2, 0.25) is 0 Å². The van der Waals surface area contributed by atoms with E-state index in [0.29, 0.717) is 0 Å². The summed E-state index contributed by atoms with van der Waals surface area (Å²) in [6.45, 7) is 2.91. The highest BCUT2D eigenvalue weighted by Crippen LogP contribution is 2.07. The second-order valence-electron chi connectivity index (χ2n) is 2.16. The van der Waals surface area contributed by atoms with E-state index in [9.17, 15) is 0 Å². The minimum atomic E-state index is 0.810. The van der Waals surface area contributed by atoms with Crippen LogP contribution in [-0.2, 0) is 0 Å². The Morgan fingerprint density at radius 2 is 1.90 bits per heavy atom. The van der Waals surface area contributed by atoms with Crippen LogP contribution in [0.4, 0.5) is 0 Å². The minimum Gasteiger partial charge on any atom is -0.494 e. The predicted molar refractivity (Wildman–Crippen MR) is 42.2 cm³/mol. The molecule has 1 heteroatoms. The fourth-order valence-electron chi connectivity index (χ4n) is 0.737. The summed E-state index contributed by atoms with van der Waals surface area (Å²) in [4.78, 5) is 0. The molecule has 0 aromatic heterocycles. The Kier molecular flexibility index (Phi) is 2.81. The lowest BCUT2D eigenvalue weighted by molar-refractivity contribution is 0.317. The third kappa shape index (κ3) is 2.09. The number of rotatable bonds is 3. The number of benzene rings is 1. The van der Waals surface area contributed by atoms with Crippen molar-refractivity contribution >= 4 is 0 Å². The Morgan fingerprint density at radius 1 is 1.20 bits per heavy atom. The zero-order chi connectivity index (χ0) is 7.23. The van der Waals surface area contributed by atoms with Gasteiger partial charge in [-0.1, -0.05) is 25.1 Å². The molecule has 0 spiro atoms. The summed E-state index contributed by atoms with van der Waals surface area (Å²) in [7, 11) is 0. The van der Waals surface area contributed by atoms with Gasteiger partial charge < -0.3 is 4.74 Å². The molecule has 0 fully saturated rings. The molecule has 0 aliphatic heterocycles. The highest BCUT2D eigenvalue weighted by atomic mass is 16.5. The Balaban J connectivity index is 2.43. The van der Waals surface area contributed by atoms with E-state index in [1.165, 1.54) is 0 Å². The van der Waals surface area contributed by atoms with Gasteiger partial charge in [-0.25, -0.2) is 0 Å². The van der Waals surface area contributed by atoms with Crippen molar-refractivity contribution in [1.29, 1.82) is 0 Å². The highest BCUT2D eigenvalue weighted by Gasteiger charge is 1.86. The lowest BCUT2D eigenvalue weighted by Crippen LogP contribution is -1.93. The summed E-state index contributed by atoms with van der Waals surface area (Å²) in [5.74, 6) is 0.962. The van der Waals surface area contributed by atoms with Crippen LogP contribution in [-0.4, -0.2) is 6.61 Å². The van der Waals surface area contributed by atoms with Crippen LogP contribution in [0.15, 0.2) is 30.3 Å². The highest BCUT2D eigenvalue weighted by molar-refractivity contribution is 5.20. The number of hydrogen-bond acceptors (Lipinski definition) is 1. The van der Waals surface area contributed by atoms with E-state index in [1.54, 1.807) is 0 Å². The van der Waals surface area contributed by atoms with E-state index in [4.69, 9.17) is 4.74 Å². The number of ether oxygens (including phenoxy) is 1. The standard InChI is InChI=1S/C9H12O/c1-2-8-10-9-6-4-3-5-7-9/h3-7H,2,8H2,1H3. The van der Waals surface area contributed by atoms with Crippen molar-refractivity contribution in [2.75, 3.05) is 6.61 Å². The fourth-order valence-corrected chi connectivity index (χ4v) is 0.737. The summed E-state index contributed by atoms with van der Waals surface area (Å²) >= 11 is 0. The van der Waals surface area contributed by atoms with Crippen LogP contribution in [0.25, 0.3) is 0 Å². The van der Waals surface area contributed by atoms with Crippen molar-refractivity contribution in [1.82, 2.24) is 0 Å². The van der Waals surface area contributed by atoms with Crippen molar-refractivity contribution in [2.45, 2.75) is 13.3 Å². The average molecular weight is 136 g/mol. The monoisotopic (exact) mass is 136 g/mol. The molecule has 0 heterocycles. The molecule has 0 aliphatic rings. The first-order chi connectivity index (χ1) is 4.93. The van der Waals surface area contributed by atoms with Crippen LogP contribution in [0, 0.1) is 0 Å². The Hall–Kier alpha value is -0.980. The van der Waals surface area contributed by atoms with Gasteiger partial charge in [-0.05, 0) is 18.6 Å². The number of para-hydroxylation sites is 1. The van der Waals surface area contributed by atoms with Gasteiger partial charge in [-0.2, -0.15) is 0 Å². The normalized spacial score (nSPS) is 9.30. The summed E-state index contributed by atoms with van der Waals surface area (Å²) in [6, 6.07) is 9.88. The maximum atomic E-state index is 5.36. The lowest BCUT2D eigenvalue weighted by Gasteiger charge is -2.01. The van der Waals surface area contributed by atoms with E-state index in [0.717, 1.165) is 18.8 Å². The van der Waals surface area contributed by atoms with Crippen LogP contribution in [0.2, 0.25) is 0 Å². The molecule has 0 saturated heterocycles. The molecule has 0 radical (unpaired) electrons. The van der Waals surface area contributed by atoms with Gasteiger partial charge in [0.1, 0.15) is 5.75 Å². The Labute approximate surface area is 61.6 Å². The summed E-state index contributed by atoms with van der Waals surface area (Å²) < 4.78 is 5.36. The zero-order valence-electron chi connectivity index (χ0n) is 6.21. The van der Waals surface area contributed by atoms with Crippen molar-refractivity contribution in [2.24, 2.45) is 0 Å². The Bertz CT molecular complexity index is 169. The van der Waals surface area contributed by atoms with Crippen molar-refractivity contribution in [3.8, 4) is 5.75 Å². The van der Waals surface area contributed by atoms with Gasteiger partial charge in [0, 0.05) is 0 Å². The molecule has 0 atom stereocenters. The van der Waals surface area contributed by atoms with E-state index < -0.39 is 0 Å². The van der Waals surface area contributed by atoms with Crippen LogP contribution in [0.1, 0.15) is 13.3 Å². The molecule has 0 aliphatic carbocycles. The molecule has 1 aromatic carbocycles. The van der Waals surface area contributed by atoms with E-state index in [1.807, 2.05) is 30.3 Å². The molecule has 0 unspecified atom stereocenters. The number of hydrogen-bond donors (Lipinski definition) is 0. The molecular weight excluding hydrogens is 124 g/mol. The van der Waals surface area contributed by atoms with Crippen molar-refractivity contribution in [3.05, 3.63) is 30.3 Å². The largest absolute Gasteiger partial charge is 0.494 e. The quantitative estimate of drug-likeness (QED) is 0.620. The second kappa shape index (κ2) is 3.94. The van der Waals surface area contributed by atoms with E-state index in [2.05, 4.69) is 6.92 Å². The maximum absolute atomic E-state index is 5.36.